The second-order valence-corrected chi connectivity index (χ2v) is 17.3. The lowest BCUT2D eigenvalue weighted by Gasteiger charge is -2.43. The average molecular weight is 852 g/mol. The highest BCUT2D eigenvalue weighted by Crippen LogP contribution is 2.35. The van der Waals surface area contributed by atoms with Crippen LogP contribution in [0.5, 0.6) is 5.75 Å². The van der Waals surface area contributed by atoms with E-state index in [1.807, 2.05) is 30.7 Å². The highest BCUT2D eigenvalue weighted by Gasteiger charge is 2.40. The van der Waals surface area contributed by atoms with E-state index in [1.165, 1.54) is 24.7 Å². The topological polar surface area (TPSA) is 134 Å². The summed E-state index contributed by atoms with van der Waals surface area (Å²) in [7, 11) is 2.06. The largest absolute Gasteiger partial charge is 0.494 e. The molecule has 8 rings (SSSR count). The summed E-state index contributed by atoms with van der Waals surface area (Å²) in [4.78, 5) is 53.0. The number of ether oxygens (including phenoxy) is 2. The fraction of sp³-hybridized carbons (Fsp3) is 0.451. The minimum Gasteiger partial charge on any atom is -0.494 e. The summed E-state index contributed by atoms with van der Waals surface area (Å²) in [6.45, 7) is 16.7. The summed E-state index contributed by atoms with van der Waals surface area (Å²) in [5.74, 6) is 0.580. The summed E-state index contributed by atoms with van der Waals surface area (Å²) < 4.78 is 14.7. The summed E-state index contributed by atoms with van der Waals surface area (Å²) in [6, 6.07) is 17.3. The molecule has 12 heteroatoms. The Bertz CT molecular complexity index is 2510. The quantitative estimate of drug-likeness (QED) is 0.0506. The predicted molar refractivity (Wildman–Crippen MR) is 248 cm³/mol. The molecule has 0 bridgehead atoms. The van der Waals surface area contributed by atoms with Gasteiger partial charge in [-0.3, -0.25) is 19.5 Å². The van der Waals surface area contributed by atoms with Crippen LogP contribution in [0.4, 0.5) is 5.82 Å². The van der Waals surface area contributed by atoms with Crippen molar-refractivity contribution in [2.75, 3.05) is 44.2 Å². The Morgan fingerprint density at radius 3 is 2.37 bits per heavy atom. The van der Waals surface area contributed by atoms with Crippen molar-refractivity contribution in [1.29, 1.82) is 5.26 Å². The number of anilines is 1. The third-order valence-electron chi connectivity index (χ3n) is 12.6. The van der Waals surface area contributed by atoms with E-state index >= 15 is 0 Å². The van der Waals surface area contributed by atoms with Gasteiger partial charge in [-0.1, -0.05) is 51.0 Å². The molecule has 0 N–H and O–H groups in total. The molecule has 2 fully saturated rings. The van der Waals surface area contributed by atoms with Crippen LogP contribution in [0.2, 0.25) is 0 Å². The van der Waals surface area contributed by atoms with E-state index in [-0.39, 0.29) is 36.2 Å². The Morgan fingerprint density at radius 1 is 0.889 bits per heavy atom. The molecule has 2 saturated heterocycles. The van der Waals surface area contributed by atoms with E-state index in [0.717, 1.165) is 97.8 Å². The number of benzene rings is 2. The molecule has 3 aromatic heterocycles. The number of hydrogen-bond donors (Lipinski definition) is 0. The van der Waals surface area contributed by atoms with Crippen molar-refractivity contribution >= 4 is 45.2 Å². The van der Waals surface area contributed by atoms with Crippen LogP contribution in [0.1, 0.15) is 112 Å². The Hall–Kier alpha value is -5.90. The number of likely N-dealkylation sites (tertiary alicyclic amines) is 1. The van der Waals surface area contributed by atoms with E-state index in [0.29, 0.717) is 46.9 Å². The van der Waals surface area contributed by atoms with Crippen molar-refractivity contribution in [3.05, 3.63) is 96.0 Å². The number of ketones is 1. The number of aryl methyl sites for hydroxylation is 1. The minimum absolute atomic E-state index is 0.00980. The number of rotatable bonds is 17. The fourth-order valence-electron chi connectivity index (χ4n) is 8.77. The zero-order valence-electron chi connectivity index (χ0n) is 37.6. The number of carbonyl (C=O) groups is 3. The van der Waals surface area contributed by atoms with Crippen molar-refractivity contribution in [3.8, 4) is 22.9 Å². The van der Waals surface area contributed by atoms with Gasteiger partial charge in [0.25, 0.3) is 11.8 Å². The second-order valence-electron chi connectivity index (χ2n) is 17.3. The van der Waals surface area contributed by atoms with Gasteiger partial charge in [0.2, 0.25) is 0 Å². The van der Waals surface area contributed by atoms with Gasteiger partial charge in [-0.2, -0.15) is 5.26 Å². The maximum absolute atomic E-state index is 13.3. The van der Waals surface area contributed by atoms with Gasteiger partial charge >= 0.3 is 0 Å². The zero-order valence-corrected chi connectivity index (χ0v) is 37.6. The smallest absolute Gasteiger partial charge is 0.262 e. The number of fused-ring (bicyclic) bond motifs is 4. The summed E-state index contributed by atoms with van der Waals surface area (Å²) in [6.07, 6.45) is 14.3. The van der Waals surface area contributed by atoms with Crippen LogP contribution >= 0.6 is 0 Å². The molecule has 0 spiro atoms. The number of carbonyl (C=O) groups excluding carboxylic acids is 3. The van der Waals surface area contributed by atoms with Crippen molar-refractivity contribution in [1.82, 2.24) is 24.3 Å². The fourth-order valence-corrected chi connectivity index (χ4v) is 8.77. The third-order valence-corrected chi connectivity index (χ3v) is 12.6. The normalized spacial score (nSPS) is 16.1. The van der Waals surface area contributed by atoms with Crippen molar-refractivity contribution in [3.63, 3.8) is 0 Å². The van der Waals surface area contributed by atoms with Crippen LogP contribution in [0, 0.1) is 11.3 Å². The van der Waals surface area contributed by atoms with Crippen LogP contribution in [-0.2, 0) is 16.6 Å². The molecule has 0 radical (unpaired) electrons. The van der Waals surface area contributed by atoms with Crippen molar-refractivity contribution < 1.29 is 23.9 Å². The van der Waals surface area contributed by atoms with Crippen molar-refractivity contribution in [2.45, 2.75) is 104 Å². The first kappa shape index (κ1) is 45.1. The van der Waals surface area contributed by atoms with Crippen LogP contribution in [0.25, 0.3) is 32.9 Å². The van der Waals surface area contributed by atoms with Gasteiger partial charge in [-0.15, -0.1) is 0 Å². The monoisotopic (exact) mass is 851 g/mol. The van der Waals surface area contributed by atoms with Gasteiger partial charge in [0, 0.05) is 80.1 Å². The highest BCUT2D eigenvalue weighted by molar-refractivity contribution is 6.22. The maximum Gasteiger partial charge on any atom is 0.262 e. The van der Waals surface area contributed by atoms with E-state index in [1.54, 1.807) is 25.1 Å². The SMILES string of the molecule is C=C(C)C(CCC(C)=O)N1C(=O)c2ccc(OCCCCCN3CCC(OC4CN(c5ncc(-c6ccc7c8cnccc8n(C)c7c6)cc5C#N)C4)CC3)cc2C1=O.CCCC. The lowest BCUT2D eigenvalue weighted by Crippen LogP contribution is -2.55. The number of piperidine rings is 1. The number of amides is 2. The second kappa shape index (κ2) is 20.5. The van der Waals surface area contributed by atoms with E-state index in [2.05, 4.69) is 71.1 Å². The number of Topliss-reactive ketones (excluding diaryl/α,β-unsaturated/α-hetero) is 1. The number of imide groups is 1. The number of aromatic nitrogens is 3. The molecule has 0 saturated carbocycles. The zero-order chi connectivity index (χ0) is 44.6. The molecule has 330 valence electrons. The Balaban J connectivity index is 0.00000143. The summed E-state index contributed by atoms with van der Waals surface area (Å²) in [5, 5.41) is 12.4. The van der Waals surface area contributed by atoms with Gasteiger partial charge in [-0.25, -0.2) is 4.98 Å². The molecular weight excluding hydrogens is 791 g/mol. The summed E-state index contributed by atoms with van der Waals surface area (Å²) >= 11 is 0. The molecule has 6 heterocycles. The van der Waals surface area contributed by atoms with Gasteiger partial charge in [0.15, 0.2) is 0 Å². The Kier molecular flexibility index (Phi) is 14.7. The van der Waals surface area contributed by atoms with Gasteiger partial charge in [0.05, 0.1) is 47.1 Å². The predicted octanol–water partition coefficient (Wildman–Crippen LogP) is 9.30. The Labute approximate surface area is 371 Å². The molecule has 2 aromatic carbocycles. The summed E-state index contributed by atoms with van der Waals surface area (Å²) in [5.41, 5.74) is 6.13. The average Bonchev–Trinajstić information content (AvgIpc) is 3.70. The minimum atomic E-state index is -0.515. The lowest BCUT2D eigenvalue weighted by atomic mass is 10.0. The van der Waals surface area contributed by atoms with Gasteiger partial charge in [0.1, 0.15) is 23.4 Å². The molecule has 5 aromatic rings. The molecule has 63 heavy (non-hydrogen) atoms. The number of nitriles is 1. The van der Waals surface area contributed by atoms with E-state index < -0.39 is 6.04 Å². The Morgan fingerprint density at radius 2 is 1.65 bits per heavy atom. The first-order valence-corrected chi connectivity index (χ1v) is 22.7. The molecular formula is C51H61N7O5. The first-order chi connectivity index (χ1) is 30.5. The van der Waals surface area contributed by atoms with Crippen LogP contribution < -0.4 is 9.64 Å². The van der Waals surface area contributed by atoms with Crippen molar-refractivity contribution in [2.24, 2.45) is 7.05 Å². The first-order valence-electron chi connectivity index (χ1n) is 22.7. The third kappa shape index (κ3) is 10.2. The number of pyridine rings is 2. The molecule has 0 aliphatic carbocycles. The maximum atomic E-state index is 13.3. The number of nitrogens with zero attached hydrogens (tertiary/aromatic N) is 7. The molecule has 2 amide bonds. The molecule has 3 aliphatic heterocycles. The number of unbranched alkanes of at least 4 members (excludes halogenated alkanes) is 3. The van der Waals surface area contributed by atoms with Gasteiger partial charge in [-0.05, 0) is 101 Å². The van der Waals surface area contributed by atoms with Crippen LogP contribution in [-0.4, -0.2) is 99.5 Å². The molecule has 1 atom stereocenters. The van der Waals surface area contributed by atoms with E-state index in [9.17, 15) is 19.6 Å². The highest BCUT2D eigenvalue weighted by atomic mass is 16.5. The number of hydrogen-bond acceptors (Lipinski definition) is 10. The molecule has 12 nitrogen and oxygen atoms in total. The molecule has 1 unspecified atom stereocenters. The molecule has 3 aliphatic rings. The van der Waals surface area contributed by atoms with Gasteiger partial charge < -0.3 is 28.6 Å². The standard InChI is InChI=1S/C47H51N7O5.C4H10/c1-30(2)42(13-8-31(3)55)54-46(56)39-12-10-36(24-40(39)47(54)57)58-21-7-5-6-18-52-19-15-35(16-20-52)59-37-28-53(29-37)45-33(25-48)22-34(26-50-45)32-9-11-38-41-27-49-17-14-43(41)51(4)44(38)23-32;1-3-4-2/h9-12,14,17,22-24,26-27,35,37,42H,1,5-8,13,15-16,18-21,28-29H2,2-4H3;3-4H2,1-2H3. The van der Waals surface area contributed by atoms with Crippen LogP contribution in [0.15, 0.2) is 79.3 Å². The van der Waals surface area contributed by atoms with E-state index in [4.69, 9.17) is 14.5 Å². The lowest BCUT2D eigenvalue weighted by molar-refractivity contribution is -0.117. The van der Waals surface area contributed by atoms with Crippen LogP contribution in [0.3, 0.4) is 0 Å².